The number of rotatable bonds is 6. The van der Waals surface area contributed by atoms with Gasteiger partial charge in [-0.25, -0.2) is 4.79 Å². The fourth-order valence-electron chi connectivity index (χ4n) is 10.2. The number of carbonyl (C=O) groups is 5. The average molecular weight is 607 g/mol. The maximum Gasteiger partial charge on any atom is 0.331 e. The van der Waals surface area contributed by atoms with Crippen molar-refractivity contribution < 1.29 is 42.9 Å². The number of hydrogen-bond acceptors (Lipinski definition) is 9. The molecule has 4 saturated carbocycles. The molecule has 2 bridgehead atoms. The van der Waals surface area contributed by atoms with E-state index < -0.39 is 81.8 Å². The van der Waals surface area contributed by atoms with Gasteiger partial charge in [0.25, 0.3) is 0 Å². The number of ether oxygens (including phenoxy) is 4. The first kappa shape index (κ1) is 31.7. The molecule has 0 amide bonds. The van der Waals surface area contributed by atoms with E-state index in [1.165, 1.54) is 26.8 Å². The van der Waals surface area contributed by atoms with Crippen molar-refractivity contribution in [1.82, 2.24) is 0 Å². The van der Waals surface area contributed by atoms with Crippen LogP contribution in [0.3, 0.4) is 0 Å². The van der Waals surface area contributed by atoms with E-state index in [0.717, 1.165) is 5.56 Å². The molecule has 2 spiro atoms. The van der Waals surface area contributed by atoms with E-state index in [1.54, 1.807) is 6.08 Å². The predicted octanol–water partition coefficient (Wildman–Crippen LogP) is 5.01. The van der Waals surface area contributed by atoms with E-state index in [-0.39, 0.29) is 12.2 Å². The van der Waals surface area contributed by atoms with Gasteiger partial charge in [-0.2, -0.15) is 0 Å². The fourth-order valence-corrected chi connectivity index (χ4v) is 10.2. The van der Waals surface area contributed by atoms with E-state index >= 15 is 0 Å². The van der Waals surface area contributed by atoms with E-state index in [2.05, 4.69) is 6.58 Å². The molecule has 0 aromatic heterocycles. The molecule has 236 valence electrons. The second-order valence-corrected chi connectivity index (χ2v) is 13.6. The lowest BCUT2D eigenvalue weighted by Crippen LogP contribution is -2.63. The number of Topliss-reactive ketones (excluding diaryl/α,β-unsaturated/α-hetero) is 1. The van der Waals surface area contributed by atoms with Crippen LogP contribution in [-0.4, -0.2) is 54.1 Å². The molecule has 9 heteroatoms. The number of esters is 4. The Morgan fingerprint density at radius 3 is 2.02 bits per heavy atom. The van der Waals surface area contributed by atoms with Gasteiger partial charge >= 0.3 is 23.9 Å². The van der Waals surface area contributed by atoms with E-state index in [0.29, 0.717) is 18.4 Å². The molecule has 4 aliphatic rings. The molecule has 1 aromatic rings. The largest absolute Gasteiger partial charge is 0.461 e. The molecule has 1 aromatic carbocycles. The van der Waals surface area contributed by atoms with Crippen molar-refractivity contribution >= 4 is 35.7 Å². The molecular weight excluding hydrogens is 564 g/mol. The van der Waals surface area contributed by atoms with Crippen LogP contribution in [0.1, 0.15) is 73.3 Å². The summed E-state index contributed by atoms with van der Waals surface area (Å²) in [6.45, 7) is 16.2. The summed E-state index contributed by atoms with van der Waals surface area (Å²) in [7, 11) is 0. The number of benzene rings is 1. The van der Waals surface area contributed by atoms with E-state index in [1.807, 2.05) is 58.0 Å². The van der Waals surface area contributed by atoms with Crippen molar-refractivity contribution in [2.45, 2.75) is 92.1 Å². The highest BCUT2D eigenvalue weighted by molar-refractivity contribution is 5.88. The van der Waals surface area contributed by atoms with Crippen LogP contribution in [0.15, 0.2) is 48.6 Å². The topological polar surface area (TPSA) is 122 Å². The lowest BCUT2D eigenvalue weighted by molar-refractivity contribution is -0.194. The van der Waals surface area contributed by atoms with Gasteiger partial charge < -0.3 is 18.9 Å². The Morgan fingerprint density at radius 1 is 0.864 bits per heavy atom. The quantitative estimate of drug-likeness (QED) is 0.190. The summed E-state index contributed by atoms with van der Waals surface area (Å²) in [6.07, 6.45) is 0.113. The molecule has 0 aliphatic heterocycles. The lowest BCUT2D eigenvalue weighted by Gasteiger charge is -2.60. The molecular formula is C35H42O9. The predicted molar refractivity (Wildman–Crippen MR) is 159 cm³/mol. The minimum atomic E-state index is -1.27. The van der Waals surface area contributed by atoms with Gasteiger partial charge in [0, 0.05) is 55.9 Å². The Kier molecular flexibility index (Phi) is 7.70. The Bertz CT molecular complexity index is 1440. The van der Waals surface area contributed by atoms with E-state index in [4.69, 9.17) is 18.9 Å². The van der Waals surface area contributed by atoms with Gasteiger partial charge in [0.1, 0.15) is 30.2 Å². The van der Waals surface area contributed by atoms with Gasteiger partial charge in [0.2, 0.25) is 0 Å². The molecule has 0 heterocycles. The van der Waals surface area contributed by atoms with Gasteiger partial charge in [0.05, 0.1) is 5.41 Å². The van der Waals surface area contributed by atoms with Crippen molar-refractivity contribution in [3.63, 3.8) is 0 Å². The molecule has 0 radical (unpaired) electrons. The number of ketones is 1. The number of fused-ring (bicyclic) bond motifs is 1. The third-order valence-corrected chi connectivity index (χ3v) is 11.4. The first-order chi connectivity index (χ1) is 20.6. The van der Waals surface area contributed by atoms with Crippen LogP contribution in [0.25, 0.3) is 6.08 Å². The highest BCUT2D eigenvalue weighted by Crippen LogP contribution is 2.86. The highest BCUT2D eigenvalue weighted by atomic mass is 16.6. The Hall–Kier alpha value is -3.75. The summed E-state index contributed by atoms with van der Waals surface area (Å²) in [4.78, 5) is 65.4. The van der Waals surface area contributed by atoms with Gasteiger partial charge in [-0.05, 0) is 35.5 Å². The summed E-state index contributed by atoms with van der Waals surface area (Å²) in [6, 6.07) is 9.34. The molecule has 9 nitrogen and oxygen atoms in total. The van der Waals surface area contributed by atoms with Gasteiger partial charge in [0.15, 0.2) is 0 Å². The third kappa shape index (κ3) is 4.07. The van der Waals surface area contributed by atoms with Gasteiger partial charge in [-0.3, -0.25) is 19.2 Å². The van der Waals surface area contributed by atoms with Crippen molar-refractivity contribution in [3.8, 4) is 0 Å². The minimum Gasteiger partial charge on any atom is -0.461 e. The van der Waals surface area contributed by atoms with Crippen LogP contribution in [0.5, 0.6) is 0 Å². The summed E-state index contributed by atoms with van der Waals surface area (Å²) >= 11 is 0. The monoisotopic (exact) mass is 606 g/mol. The zero-order chi connectivity index (χ0) is 32.4. The summed E-state index contributed by atoms with van der Waals surface area (Å²) in [5.41, 5.74) is -2.97. The normalized spacial score (nSPS) is 38.4. The molecule has 5 rings (SSSR count). The zero-order valence-corrected chi connectivity index (χ0v) is 26.5. The lowest BCUT2D eigenvalue weighted by atomic mass is 9.42. The van der Waals surface area contributed by atoms with E-state index in [9.17, 15) is 24.0 Å². The fraction of sp³-hybridized carbons (Fsp3) is 0.571. The molecule has 1 unspecified atom stereocenters. The van der Waals surface area contributed by atoms with Gasteiger partial charge in [-0.1, -0.05) is 64.6 Å². The third-order valence-electron chi connectivity index (χ3n) is 11.4. The Balaban J connectivity index is 1.73. The number of carbonyl (C=O) groups excluding carboxylic acids is 5. The standard InChI is InChI=1S/C35H42O9/c1-19-26(39)18-25-29(41-21(3)36)35-20(2)27(44-28(40)15-14-24-12-10-9-11-13-24)16-17-33(35,8)30(42-22(4)37)31(43-23(5)38)34(19,35)32(25,6)7/h9-15,19,25,27,29-31H,2,16-18H2,1,3-8H3/b15-14+/t19-,25+,27+,29-,30+,31+,33+,34-,35?/m1/s1. The number of hydrogen-bond donors (Lipinski definition) is 0. The van der Waals surface area contributed by atoms with Crippen molar-refractivity contribution in [3.05, 3.63) is 54.1 Å². The van der Waals surface area contributed by atoms with Crippen molar-refractivity contribution in [2.75, 3.05) is 0 Å². The van der Waals surface area contributed by atoms with Crippen molar-refractivity contribution in [2.24, 2.45) is 33.5 Å². The maximum absolute atomic E-state index is 13.9. The molecule has 44 heavy (non-hydrogen) atoms. The smallest absolute Gasteiger partial charge is 0.331 e. The van der Waals surface area contributed by atoms with Crippen LogP contribution < -0.4 is 0 Å². The Morgan fingerprint density at radius 2 is 1.43 bits per heavy atom. The minimum absolute atomic E-state index is 0.0657. The highest BCUT2D eigenvalue weighted by Gasteiger charge is 2.92. The molecule has 4 fully saturated rings. The zero-order valence-electron chi connectivity index (χ0n) is 26.5. The summed E-state index contributed by atoms with van der Waals surface area (Å²) in [5.74, 6) is -3.51. The van der Waals surface area contributed by atoms with Crippen LogP contribution >= 0.6 is 0 Å². The first-order valence-corrected chi connectivity index (χ1v) is 15.2. The average Bonchev–Trinajstić information content (AvgIpc) is 3.18. The maximum atomic E-state index is 13.9. The van der Waals surface area contributed by atoms with Crippen LogP contribution in [0.4, 0.5) is 0 Å². The summed E-state index contributed by atoms with van der Waals surface area (Å²) < 4.78 is 24.5. The summed E-state index contributed by atoms with van der Waals surface area (Å²) in [5, 5.41) is 0. The van der Waals surface area contributed by atoms with Crippen LogP contribution in [0, 0.1) is 33.5 Å². The van der Waals surface area contributed by atoms with Crippen LogP contribution in [0.2, 0.25) is 0 Å². The molecule has 9 atom stereocenters. The molecule has 0 N–H and O–H groups in total. The van der Waals surface area contributed by atoms with Gasteiger partial charge in [-0.15, -0.1) is 0 Å². The van der Waals surface area contributed by atoms with Crippen LogP contribution in [-0.2, 0) is 42.9 Å². The van der Waals surface area contributed by atoms with Crippen molar-refractivity contribution in [1.29, 1.82) is 0 Å². The molecule has 4 aliphatic carbocycles. The SMILES string of the molecule is C=C1[C@@H](OC(=O)/C=C/c2ccccc2)CC[C@@]2(C)[C@@H](OC(C)=O)[C@H](OC(C)=O)[C@@]34[C@H](C)C(=O)C[C@@H]([C@@H](OC(C)=O)C132)C4(C)C. The second kappa shape index (κ2) is 10.7. The Labute approximate surface area is 258 Å². The first-order valence-electron chi connectivity index (χ1n) is 15.2. The molecule has 0 saturated heterocycles. The second-order valence-electron chi connectivity index (χ2n) is 13.6.